The van der Waals surface area contributed by atoms with Crippen molar-refractivity contribution in [3.05, 3.63) is 52.8 Å². The van der Waals surface area contributed by atoms with Gasteiger partial charge in [0.05, 0.1) is 56.5 Å². The molecule has 1 aromatic carbocycles. The second-order valence-electron chi connectivity index (χ2n) is 14.5. The van der Waals surface area contributed by atoms with Crippen molar-refractivity contribution in [1.29, 1.82) is 5.26 Å². The van der Waals surface area contributed by atoms with E-state index in [4.69, 9.17) is 29.0 Å². The number of aromatic nitrogens is 1. The zero-order valence-corrected chi connectivity index (χ0v) is 33.3. The van der Waals surface area contributed by atoms with E-state index < -0.39 is 8.60 Å². The highest BCUT2D eigenvalue weighted by Gasteiger charge is 2.31. The summed E-state index contributed by atoms with van der Waals surface area (Å²) >= 11 is 0. The monoisotopic (exact) mass is 755 g/mol. The van der Waals surface area contributed by atoms with Crippen molar-refractivity contribution < 1.29 is 28.2 Å². The Hall–Kier alpha value is -2.71. The molecule has 0 bridgehead atoms. The molecule has 4 unspecified atom stereocenters. The van der Waals surface area contributed by atoms with E-state index in [-0.39, 0.29) is 31.5 Å². The van der Waals surface area contributed by atoms with Gasteiger partial charge >= 0.3 is 8.60 Å². The molecule has 1 aromatic heterocycles. The molecular weight excluding hydrogens is 689 g/mol. The number of hydrogen-bond donors (Lipinski definition) is 3. The number of fused-ring (bicyclic) bond motifs is 1. The normalized spacial score (nSPS) is 17.9. The van der Waals surface area contributed by atoms with Crippen LogP contribution in [0.1, 0.15) is 164 Å². The maximum Gasteiger partial charge on any atom is 0.330 e. The third-order valence-corrected chi connectivity index (χ3v) is 11.1. The summed E-state index contributed by atoms with van der Waals surface area (Å²) in [4.78, 5) is 14.9. The van der Waals surface area contributed by atoms with E-state index in [9.17, 15) is 10.2 Å². The Kier molecular flexibility index (Phi) is 20.6. The van der Waals surface area contributed by atoms with Crippen LogP contribution in [0.4, 0.5) is 0 Å². The predicted octanol–water partition coefficient (Wildman–Crippen LogP) is 9.69. The number of unbranched alkanes of at least 4 members (excludes halogenated alkanes) is 16. The van der Waals surface area contributed by atoms with E-state index in [1.54, 1.807) is 13.2 Å². The fourth-order valence-corrected chi connectivity index (χ4v) is 7.83. The summed E-state index contributed by atoms with van der Waals surface area (Å²) in [5, 5.41) is 9.34. The summed E-state index contributed by atoms with van der Waals surface area (Å²) < 4.78 is 31.4. The molecule has 2 aliphatic heterocycles. The van der Waals surface area contributed by atoms with Crippen LogP contribution in [-0.2, 0) is 25.1 Å². The molecule has 2 aromatic rings. The van der Waals surface area contributed by atoms with E-state index >= 15 is 0 Å². The van der Waals surface area contributed by atoms with Crippen LogP contribution in [-0.4, -0.2) is 54.6 Å². The molecule has 0 radical (unpaired) electrons. The number of nitrogens with one attached hydrogen (secondary N) is 1. The smallest absolute Gasteiger partial charge is 0.330 e. The van der Waals surface area contributed by atoms with Gasteiger partial charge in [0.1, 0.15) is 30.0 Å². The van der Waals surface area contributed by atoms with E-state index in [1.165, 1.54) is 96.3 Å². The molecule has 12 heteroatoms. The number of hydrogen-bond acceptors (Lipinski definition) is 10. The first-order chi connectivity index (χ1) is 26.0. The molecule has 0 amide bonds. The molecule has 4 atom stereocenters. The van der Waals surface area contributed by atoms with Gasteiger partial charge in [0.2, 0.25) is 0 Å². The van der Waals surface area contributed by atoms with Gasteiger partial charge < -0.3 is 39.3 Å². The zero-order chi connectivity index (χ0) is 37.5. The van der Waals surface area contributed by atoms with Gasteiger partial charge in [0.15, 0.2) is 0 Å². The second kappa shape index (κ2) is 25.4. The second-order valence-corrected chi connectivity index (χ2v) is 15.5. The van der Waals surface area contributed by atoms with Gasteiger partial charge in [-0.3, -0.25) is 4.68 Å². The van der Waals surface area contributed by atoms with Crippen molar-refractivity contribution >= 4 is 14.4 Å². The van der Waals surface area contributed by atoms with Crippen molar-refractivity contribution in [1.82, 2.24) is 4.68 Å². The average Bonchev–Trinajstić information content (AvgIpc) is 3.84. The van der Waals surface area contributed by atoms with Crippen molar-refractivity contribution in [2.24, 2.45) is 10.7 Å². The molecule has 4 N–H and O–H groups in total. The average molecular weight is 756 g/mol. The first-order valence-electron chi connectivity index (χ1n) is 20.4. The van der Waals surface area contributed by atoms with Gasteiger partial charge in [-0.2, -0.15) is 5.26 Å². The number of ether oxygens (including phenoxy) is 3. The lowest BCUT2D eigenvalue weighted by molar-refractivity contribution is -0.00976. The Morgan fingerprint density at radius 2 is 1.60 bits per heavy atom. The van der Waals surface area contributed by atoms with E-state index in [0.29, 0.717) is 30.4 Å². The molecule has 0 aliphatic carbocycles. The zero-order valence-electron chi connectivity index (χ0n) is 32.4. The van der Waals surface area contributed by atoms with Crippen LogP contribution >= 0.6 is 8.60 Å². The number of amidine groups is 1. The maximum atomic E-state index is 10.6. The van der Waals surface area contributed by atoms with Crippen LogP contribution in [0.3, 0.4) is 0 Å². The minimum Gasteiger partial charge on any atom is -0.495 e. The number of methoxy groups -OCH3 is 1. The molecule has 4 rings (SSSR count). The van der Waals surface area contributed by atoms with Crippen molar-refractivity contribution in [3.63, 3.8) is 0 Å². The lowest BCUT2D eigenvalue weighted by Crippen LogP contribution is -2.32. The molecule has 0 saturated carbocycles. The fourth-order valence-electron chi connectivity index (χ4n) is 7.17. The largest absolute Gasteiger partial charge is 0.495 e. The predicted molar refractivity (Wildman–Crippen MR) is 212 cm³/mol. The molecular formula is C41H66N5O6P. The topological polar surface area (TPSA) is 146 Å². The lowest BCUT2D eigenvalue weighted by Gasteiger charge is -2.22. The van der Waals surface area contributed by atoms with Crippen LogP contribution in [0.15, 0.2) is 35.3 Å². The number of nitrogens with two attached hydrogens (primary N) is 1. The number of nitriles is 1. The van der Waals surface area contributed by atoms with E-state index in [2.05, 4.69) is 23.4 Å². The van der Waals surface area contributed by atoms with Gasteiger partial charge in [-0.1, -0.05) is 122 Å². The van der Waals surface area contributed by atoms with Gasteiger partial charge in [-0.15, -0.1) is 0 Å². The quantitative estimate of drug-likeness (QED) is 0.0546. The highest BCUT2D eigenvalue weighted by molar-refractivity contribution is 7.40. The molecule has 53 heavy (non-hydrogen) atoms. The van der Waals surface area contributed by atoms with E-state index in [1.807, 2.05) is 28.9 Å². The minimum absolute atomic E-state index is 0.0928. The molecule has 296 valence electrons. The molecule has 1 saturated heterocycles. The van der Waals surface area contributed by atoms with Gasteiger partial charge in [0.25, 0.3) is 0 Å². The Balaban J connectivity index is 1.11. The van der Waals surface area contributed by atoms with Gasteiger partial charge in [-0.25, -0.2) is 4.99 Å². The number of aliphatic imine (C=N–C) groups is 1. The minimum atomic E-state index is -2.09. The van der Waals surface area contributed by atoms with E-state index in [0.717, 1.165) is 49.1 Å². The lowest BCUT2D eigenvalue weighted by atomic mass is 10.0. The van der Waals surface area contributed by atoms with Crippen LogP contribution in [0.2, 0.25) is 0 Å². The van der Waals surface area contributed by atoms with Crippen LogP contribution in [0.5, 0.6) is 5.75 Å². The Bertz CT molecular complexity index is 1380. The van der Waals surface area contributed by atoms with Gasteiger partial charge in [-0.05, 0) is 49.1 Å². The SMILES string of the molecule is CCCCCCCCCCCCCCCCCCCC(COP(O)OCC1CCC(c2ccc3n2NCN=C3N)O1)OCc1ccc(C#N)c(OC)c1. The fraction of sp³-hybridized carbons (Fsp3) is 0.707. The summed E-state index contributed by atoms with van der Waals surface area (Å²) in [6.07, 6.45) is 24.7. The summed E-state index contributed by atoms with van der Waals surface area (Å²) in [5.41, 5.74) is 12.5. The van der Waals surface area contributed by atoms with Gasteiger partial charge in [0, 0.05) is 0 Å². The highest BCUT2D eigenvalue weighted by Crippen LogP contribution is 2.38. The summed E-state index contributed by atoms with van der Waals surface area (Å²) in [7, 11) is -0.526. The summed E-state index contributed by atoms with van der Waals surface area (Å²) in [5.74, 6) is 1.05. The highest BCUT2D eigenvalue weighted by atomic mass is 31.2. The number of benzene rings is 1. The Morgan fingerprint density at radius 1 is 0.943 bits per heavy atom. The van der Waals surface area contributed by atoms with Crippen molar-refractivity contribution in [2.75, 3.05) is 32.4 Å². The van der Waals surface area contributed by atoms with Crippen LogP contribution in [0, 0.1) is 11.3 Å². The van der Waals surface area contributed by atoms with Crippen LogP contribution in [0.25, 0.3) is 0 Å². The maximum absolute atomic E-state index is 10.6. The number of rotatable bonds is 29. The third-order valence-electron chi connectivity index (χ3n) is 10.3. The van der Waals surface area contributed by atoms with Crippen molar-refractivity contribution in [2.45, 2.75) is 160 Å². The standard InChI is InChI=1S/C41H66N5O6P/c1-3-4-5-6-7-8-9-10-11-12-13-14-15-16-17-18-19-20-35(49-29-33-21-22-34(28-42)40(27-33)48-2)30-50-53(47)51-31-36-23-26-39(52-36)37-24-25-38-41(43)44-32-45-46(37)38/h21-22,24-25,27,35-36,39,45,47H,3-20,23,26,29-32H2,1-2H3,(H2,43,44). The first kappa shape index (κ1) is 43.0. The molecule has 1 fully saturated rings. The van der Waals surface area contributed by atoms with Crippen LogP contribution < -0.4 is 15.9 Å². The molecule has 2 aliphatic rings. The first-order valence-corrected chi connectivity index (χ1v) is 21.5. The molecule has 3 heterocycles. The summed E-state index contributed by atoms with van der Waals surface area (Å²) in [6, 6.07) is 11.6. The third kappa shape index (κ3) is 15.5. The van der Waals surface area contributed by atoms with Crippen molar-refractivity contribution in [3.8, 4) is 11.8 Å². The molecule has 11 nitrogen and oxygen atoms in total. The molecule has 0 spiro atoms. The number of nitrogens with zero attached hydrogens (tertiary/aromatic N) is 3. The summed E-state index contributed by atoms with van der Waals surface area (Å²) in [6.45, 7) is 3.54. The Morgan fingerprint density at radius 3 is 2.25 bits per heavy atom. The Labute approximate surface area is 319 Å².